The van der Waals surface area contributed by atoms with E-state index in [1.807, 2.05) is 23.1 Å². The minimum Gasteiger partial charge on any atom is -0.454 e. The third kappa shape index (κ3) is 3.65. The maximum Gasteiger partial charge on any atom is 0.325 e. The van der Waals surface area contributed by atoms with Gasteiger partial charge in [-0.25, -0.2) is 4.79 Å². The Morgan fingerprint density at radius 1 is 1.12 bits per heavy atom. The van der Waals surface area contributed by atoms with Gasteiger partial charge < -0.3 is 19.3 Å². The van der Waals surface area contributed by atoms with Crippen molar-refractivity contribution in [2.24, 2.45) is 0 Å². The molecule has 0 spiro atoms. The number of urea groups is 1. The smallest absolute Gasteiger partial charge is 0.325 e. The molecule has 0 unspecified atom stereocenters. The fourth-order valence-electron chi connectivity index (χ4n) is 3.19. The van der Waals surface area contributed by atoms with Crippen molar-refractivity contribution in [1.29, 1.82) is 0 Å². The van der Waals surface area contributed by atoms with E-state index >= 15 is 0 Å². The quantitative estimate of drug-likeness (QED) is 0.759. The first-order chi connectivity index (χ1) is 12.1. The molecule has 2 aliphatic heterocycles. The fraction of sp³-hybridized carbons (Fsp3) is 0.556. The highest BCUT2D eigenvalue weighted by atomic mass is 16.7. The number of carbonyl (C=O) groups is 2. The van der Waals surface area contributed by atoms with Gasteiger partial charge in [0.25, 0.3) is 0 Å². The van der Waals surface area contributed by atoms with E-state index in [9.17, 15) is 9.59 Å². The number of carbonyl (C=O) groups excluding carboxylic acids is 2. The molecule has 1 aromatic rings. The average Bonchev–Trinajstić information content (AvgIpc) is 3.21. The summed E-state index contributed by atoms with van der Waals surface area (Å²) in [6.45, 7) is 7.04. The van der Waals surface area contributed by atoms with Crippen molar-refractivity contribution >= 4 is 17.6 Å². The maximum absolute atomic E-state index is 12.7. The Morgan fingerprint density at radius 3 is 2.56 bits per heavy atom. The molecule has 3 amide bonds. The van der Waals surface area contributed by atoms with Crippen LogP contribution in [0.1, 0.15) is 26.7 Å². The van der Waals surface area contributed by atoms with Gasteiger partial charge in [-0.1, -0.05) is 13.8 Å². The molecule has 0 N–H and O–H groups in total. The van der Waals surface area contributed by atoms with Gasteiger partial charge in [0.1, 0.15) is 6.54 Å². The molecule has 1 saturated heterocycles. The van der Waals surface area contributed by atoms with Crippen molar-refractivity contribution in [1.82, 2.24) is 9.80 Å². The number of hydrogen-bond acceptors (Lipinski definition) is 4. The molecular formula is C18H25N3O4. The summed E-state index contributed by atoms with van der Waals surface area (Å²) in [6, 6.07) is 5.33. The summed E-state index contributed by atoms with van der Waals surface area (Å²) in [4.78, 5) is 30.3. The zero-order valence-electron chi connectivity index (χ0n) is 14.9. The van der Waals surface area contributed by atoms with Gasteiger partial charge in [0.05, 0.1) is 0 Å². The van der Waals surface area contributed by atoms with Gasteiger partial charge in [0.2, 0.25) is 12.7 Å². The molecule has 136 valence electrons. The van der Waals surface area contributed by atoms with Crippen molar-refractivity contribution < 1.29 is 19.1 Å². The van der Waals surface area contributed by atoms with Crippen LogP contribution >= 0.6 is 0 Å². The normalized spacial score (nSPS) is 15.8. The van der Waals surface area contributed by atoms with E-state index in [-0.39, 0.29) is 25.3 Å². The van der Waals surface area contributed by atoms with Crippen LogP contribution in [0.5, 0.6) is 11.5 Å². The predicted octanol–water partition coefficient (Wildman–Crippen LogP) is 2.31. The second kappa shape index (κ2) is 7.63. The molecule has 7 nitrogen and oxygen atoms in total. The standard InChI is InChI=1S/C18H25N3O4/c1-3-7-19(8-4-2)17(22)12-20-9-10-21(18(20)23)14-5-6-15-16(11-14)25-13-24-15/h5-6,11H,3-4,7-10,12-13H2,1-2H3. The zero-order valence-corrected chi connectivity index (χ0v) is 14.9. The van der Waals surface area contributed by atoms with Gasteiger partial charge in [-0.3, -0.25) is 9.69 Å². The summed E-state index contributed by atoms with van der Waals surface area (Å²) in [6.07, 6.45) is 1.84. The van der Waals surface area contributed by atoms with Crippen LogP contribution in [0.25, 0.3) is 0 Å². The average molecular weight is 347 g/mol. The first-order valence-corrected chi connectivity index (χ1v) is 8.88. The Morgan fingerprint density at radius 2 is 1.84 bits per heavy atom. The van der Waals surface area contributed by atoms with E-state index in [2.05, 4.69) is 13.8 Å². The Kier molecular flexibility index (Phi) is 5.31. The second-order valence-corrected chi connectivity index (χ2v) is 6.27. The lowest BCUT2D eigenvalue weighted by atomic mass is 10.2. The molecule has 0 saturated carbocycles. The molecule has 0 aromatic heterocycles. The number of hydrogen-bond donors (Lipinski definition) is 0. The number of fused-ring (bicyclic) bond motifs is 1. The number of benzene rings is 1. The number of ether oxygens (including phenoxy) is 2. The van der Waals surface area contributed by atoms with Crippen LogP contribution in [0.15, 0.2) is 18.2 Å². The zero-order chi connectivity index (χ0) is 17.8. The summed E-state index contributed by atoms with van der Waals surface area (Å²) in [5, 5.41) is 0. The van der Waals surface area contributed by atoms with Gasteiger partial charge >= 0.3 is 6.03 Å². The minimum absolute atomic E-state index is 0.0181. The number of nitrogens with zero attached hydrogens (tertiary/aromatic N) is 3. The molecular weight excluding hydrogens is 322 g/mol. The topological polar surface area (TPSA) is 62.3 Å². The number of anilines is 1. The molecule has 2 heterocycles. The predicted molar refractivity (Wildman–Crippen MR) is 94.0 cm³/mol. The minimum atomic E-state index is -0.139. The van der Waals surface area contributed by atoms with E-state index < -0.39 is 0 Å². The van der Waals surface area contributed by atoms with Gasteiger partial charge in [-0.05, 0) is 25.0 Å². The third-order valence-corrected chi connectivity index (χ3v) is 4.43. The van der Waals surface area contributed by atoms with Gasteiger partial charge in [0, 0.05) is 37.9 Å². The fourth-order valence-corrected chi connectivity index (χ4v) is 3.19. The largest absolute Gasteiger partial charge is 0.454 e. The van der Waals surface area contributed by atoms with Crippen LogP contribution in [0, 0.1) is 0 Å². The maximum atomic E-state index is 12.7. The molecule has 1 aromatic carbocycles. The van der Waals surface area contributed by atoms with Crippen molar-refractivity contribution in [2.75, 3.05) is 44.4 Å². The summed E-state index contributed by atoms with van der Waals surface area (Å²) < 4.78 is 10.7. The van der Waals surface area contributed by atoms with Gasteiger partial charge in [-0.2, -0.15) is 0 Å². The van der Waals surface area contributed by atoms with Gasteiger partial charge in [-0.15, -0.1) is 0 Å². The summed E-state index contributed by atoms with van der Waals surface area (Å²) in [5.41, 5.74) is 0.767. The first kappa shape index (κ1) is 17.4. The second-order valence-electron chi connectivity index (χ2n) is 6.27. The molecule has 0 bridgehead atoms. The van der Waals surface area contributed by atoms with Crippen LogP contribution in [-0.4, -0.2) is 61.3 Å². The number of amides is 3. The summed E-state index contributed by atoms with van der Waals surface area (Å²) >= 11 is 0. The summed E-state index contributed by atoms with van der Waals surface area (Å²) in [5.74, 6) is 1.36. The van der Waals surface area contributed by atoms with Crippen molar-refractivity contribution in [3.05, 3.63) is 18.2 Å². The van der Waals surface area contributed by atoms with Crippen molar-refractivity contribution in [3.63, 3.8) is 0 Å². The highest BCUT2D eigenvalue weighted by Gasteiger charge is 2.32. The van der Waals surface area contributed by atoms with Crippen LogP contribution in [0.4, 0.5) is 10.5 Å². The Labute approximate surface area is 148 Å². The lowest BCUT2D eigenvalue weighted by Crippen LogP contribution is -2.42. The molecule has 7 heteroatoms. The molecule has 0 aliphatic carbocycles. The highest BCUT2D eigenvalue weighted by molar-refractivity contribution is 5.96. The Hall–Kier alpha value is -2.44. The first-order valence-electron chi connectivity index (χ1n) is 8.88. The monoisotopic (exact) mass is 347 g/mol. The molecule has 1 fully saturated rings. The van der Waals surface area contributed by atoms with E-state index in [4.69, 9.17) is 9.47 Å². The lowest BCUT2D eigenvalue weighted by molar-refractivity contribution is -0.131. The Bertz CT molecular complexity index is 643. The highest BCUT2D eigenvalue weighted by Crippen LogP contribution is 2.36. The van der Waals surface area contributed by atoms with E-state index in [0.717, 1.165) is 31.6 Å². The molecule has 3 rings (SSSR count). The van der Waals surface area contributed by atoms with E-state index in [1.165, 1.54) is 0 Å². The summed E-state index contributed by atoms with van der Waals surface area (Å²) in [7, 11) is 0. The third-order valence-electron chi connectivity index (χ3n) is 4.43. The van der Waals surface area contributed by atoms with Crippen LogP contribution in [-0.2, 0) is 4.79 Å². The van der Waals surface area contributed by atoms with Crippen molar-refractivity contribution in [2.45, 2.75) is 26.7 Å². The lowest BCUT2D eigenvalue weighted by Gasteiger charge is -2.25. The SMILES string of the molecule is CCCN(CCC)C(=O)CN1CCN(c2ccc3c(c2)OCO3)C1=O. The van der Waals surface area contributed by atoms with E-state index in [0.29, 0.717) is 24.6 Å². The molecule has 2 aliphatic rings. The van der Waals surface area contributed by atoms with Crippen LogP contribution < -0.4 is 14.4 Å². The van der Waals surface area contributed by atoms with Crippen LogP contribution in [0.3, 0.4) is 0 Å². The molecule has 0 radical (unpaired) electrons. The van der Waals surface area contributed by atoms with Crippen molar-refractivity contribution in [3.8, 4) is 11.5 Å². The van der Waals surface area contributed by atoms with Crippen LogP contribution in [0.2, 0.25) is 0 Å². The Balaban J connectivity index is 1.64. The van der Waals surface area contributed by atoms with Gasteiger partial charge in [0.15, 0.2) is 11.5 Å². The van der Waals surface area contributed by atoms with E-state index in [1.54, 1.807) is 9.80 Å². The molecule has 25 heavy (non-hydrogen) atoms. The molecule has 0 atom stereocenters. The number of rotatable bonds is 7.